The molecule has 2 N–H and O–H groups in total. The second kappa shape index (κ2) is 11.0. The summed E-state index contributed by atoms with van der Waals surface area (Å²) in [4.78, 5) is 38.5. The van der Waals surface area contributed by atoms with Gasteiger partial charge in [0.05, 0.1) is 26.3 Å². The first-order valence-corrected chi connectivity index (χ1v) is 8.66. The number of carbonyl (C=O) groups is 3. The van der Waals surface area contributed by atoms with Gasteiger partial charge in [-0.25, -0.2) is 4.79 Å². The lowest BCUT2D eigenvalue weighted by Gasteiger charge is -2.18. The van der Waals surface area contributed by atoms with Crippen molar-refractivity contribution in [2.75, 3.05) is 52.8 Å². The summed E-state index contributed by atoms with van der Waals surface area (Å²) in [6.07, 6.45) is 0. The largest absolute Gasteiger partial charge is 0.490 e. The van der Waals surface area contributed by atoms with E-state index in [1.807, 2.05) is 13.8 Å². The zero-order chi connectivity index (χ0) is 20.4. The third kappa shape index (κ3) is 7.95. The molecule has 0 radical (unpaired) electrons. The van der Waals surface area contributed by atoms with E-state index in [-0.39, 0.29) is 19.0 Å². The summed E-state index contributed by atoms with van der Waals surface area (Å²) in [6.45, 7) is 4.65. The quantitative estimate of drug-likeness (QED) is 0.667. The van der Waals surface area contributed by atoms with E-state index in [4.69, 9.17) is 9.47 Å². The normalized spacial score (nSPS) is 10.3. The molecular weight excluding hydrogens is 352 g/mol. The first-order chi connectivity index (χ1) is 12.8. The third-order valence-corrected chi connectivity index (χ3v) is 3.37. The molecule has 0 fully saturated rings. The predicted molar refractivity (Wildman–Crippen MR) is 102 cm³/mol. The standard InChI is InChI=1S/C18H28N4O5/c1-6-26-14-9-8-13(10-15(14)27-7-2)19-18(25)20-16(23)11-22(5)12-17(24)21(3)4/h8-10H,6-7,11-12H2,1-5H3,(H2,19,20,23,25). The summed E-state index contributed by atoms with van der Waals surface area (Å²) in [7, 11) is 4.90. The molecule has 1 rings (SSSR count). The van der Waals surface area contributed by atoms with E-state index < -0.39 is 11.9 Å². The molecule has 0 aromatic heterocycles. The number of benzene rings is 1. The molecule has 150 valence electrons. The van der Waals surface area contributed by atoms with Gasteiger partial charge in [-0.2, -0.15) is 0 Å². The first-order valence-electron chi connectivity index (χ1n) is 8.66. The van der Waals surface area contributed by atoms with Crippen molar-refractivity contribution in [3.63, 3.8) is 0 Å². The van der Waals surface area contributed by atoms with Crippen molar-refractivity contribution in [2.45, 2.75) is 13.8 Å². The molecule has 0 bridgehead atoms. The lowest BCUT2D eigenvalue weighted by molar-refractivity contribution is -0.130. The summed E-state index contributed by atoms with van der Waals surface area (Å²) >= 11 is 0. The number of nitrogens with one attached hydrogen (secondary N) is 2. The van der Waals surface area contributed by atoms with Gasteiger partial charge in [-0.1, -0.05) is 0 Å². The molecule has 27 heavy (non-hydrogen) atoms. The molecule has 0 aliphatic rings. The van der Waals surface area contributed by atoms with Crippen molar-refractivity contribution >= 4 is 23.5 Å². The minimum atomic E-state index is -0.668. The third-order valence-electron chi connectivity index (χ3n) is 3.37. The molecule has 0 aliphatic heterocycles. The summed E-state index contributed by atoms with van der Waals surface area (Å²) in [5.74, 6) is 0.434. The van der Waals surface area contributed by atoms with E-state index >= 15 is 0 Å². The van der Waals surface area contributed by atoms with E-state index in [0.717, 1.165) is 0 Å². The van der Waals surface area contributed by atoms with Gasteiger partial charge in [0.25, 0.3) is 0 Å². The predicted octanol–water partition coefficient (Wildman–Crippen LogP) is 1.15. The van der Waals surface area contributed by atoms with Crippen molar-refractivity contribution in [1.29, 1.82) is 0 Å². The molecule has 0 aliphatic carbocycles. The molecule has 9 nitrogen and oxygen atoms in total. The van der Waals surface area contributed by atoms with Crippen LogP contribution >= 0.6 is 0 Å². The summed E-state index contributed by atoms with van der Waals surface area (Å²) in [6, 6.07) is 4.30. The van der Waals surface area contributed by atoms with Crippen molar-refractivity contribution in [1.82, 2.24) is 15.1 Å². The minimum Gasteiger partial charge on any atom is -0.490 e. The van der Waals surface area contributed by atoms with Crippen molar-refractivity contribution in [3.8, 4) is 11.5 Å². The van der Waals surface area contributed by atoms with E-state index in [1.54, 1.807) is 39.3 Å². The van der Waals surface area contributed by atoms with E-state index in [2.05, 4.69) is 10.6 Å². The Balaban J connectivity index is 2.59. The monoisotopic (exact) mass is 380 g/mol. The van der Waals surface area contributed by atoms with Crippen LogP contribution < -0.4 is 20.1 Å². The van der Waals surface area contributed by atoms with E-state index in [0.29, 0.717) is 30.4 Å². The maximum atomic E-state index is 12.0. The lowest BCUT2D eigenvalue weighted by atomic mass is 10.2. The molecule has 4 amide bonds. The molecule has 0 spiro atoms. The fourth-order valence-electron chi connectivity index (χ4n) is 2.13. The maximum Gasteiger partial charge on any atom is 0.325 e. The maximum absolute atomic E-state index is 12.0. The number of imide groups is 1. The van der Waals surface area contributed by atoms with Crippen molar-refractivity contribution < 1.29 is 23.9 Å². The van der Waals surface area contributed by atoms with Gasteiger partial charge >= 0.3 is 6.03 Å². The van der Waals surface area contributed by atoms with Crippen LogP contribution in [0.25, 0.3) is 0 Å². The van der Waals surface area contributed by atoms with Gasteiger partial charge in [-0.15, -0.1) is 0 Å². The Morgan fingerprint density at radius 2 is 1.59 bits per heavy atom. The van der Waals surface area contributed by atoms with Gasteiger partial charge in [0.15, 0.2) is 11.5 Å². The van der Waals surface area contributed by atoms with Gasteiger partial charge in [-0.3, -0.25) is 19.8 Å². The second-order valence-electron chi connectivity index (χ2n) is 5.99. The number of rotatable bonds is 9. The van der Waals surface area contributed by atoms with Crippen LogP contribution in [0.1, 0.15) is 13.8 Å². The first kappa shape index (κ1) is 22.2. The smallest absolute Gasteiger partial charge is 0.325 e. The highest BCUT2D eigenvalue weighted by Crippen LogP contribution is 2.30. The molecular formula is C18H28N4O5. The Hall–Kier alpha value is -2.81. The van der Waals surface area contributed by atoms with Crippen molar-refractivity contribution in [2.24, 2.45) is 0 Å². The highest BCUT2D eigenvalue weighted by molar-refractivity contribution is 6.02. The van der Waals surface area contributed by atoms with E-state index in [1.165, 1.54) is 9.80 Å². The van der Waals surface area contributed by atoms with Gasteiger partial charge in [0.1, 0.15) is 0 Å². The summed E-state index contributed by atoms with van der Waals surface area (Å²) < 4.78 is 11.0. The SMILES string of the molecule is CCOc1ccc(NC(=O)NC(=O)CN(C)CC(=O)N(C)C)cc1OCC. The van der Waals surface area contributed by atoms with Crippen LogP contribution in [0.3, 0.4) is 0 Å². The number of ether oxygens (including phenoxy) is 2. The Bertz CT molecular complexity index is 663. The zero-order valence-electron chi connectivity index (χ0n) is 16.5. The summed E-state index contributed by atoms with van der Waals surface area (Å²) in [5.41, 5.74) is 0.461. The average Bonchev–Trinajstić information content (AvgIpc) is 2.56. The number of hydrogen-bond donors (Lipinski definition) is 2. The highest BCUT2D eigenvalue weighted by atomic mass is 16.5. The van der Waals surface area contributed by atoms with Crippen LogP contribution in [0.4, 0.5) is 10.5 Å². The molecule has 0 unspecified atom stereocenters. The fourth-order valence-corrected chi connectivity index (χ4v) is 2.13. The number of urea groups is 1. The molecule has 9 heteroatoms. The Kier molecular flexibility index (Phi) is 9.07. The molecule has 0 saturated carbocycles. The Labute approximate surface area is 159 Å². The van der Waals surface area contributed by atoms with Crippen LogP contribution in [0.15, 0.2) is 18.2 Å². The number of amides is 4. The zero-order valence-corrected chi connectivity index (χ0v) is 16.5. The summed E-state index contributed by atoms with van der Waals surface area (Å²) in [5, 5.41) is 4.80. The van der Waals surface area contributed by atoms with Crippen LogP contribution in [-0.2, 0) is 9.59 Å². The topological polar surface area (TPSA) is 100 Å². The number of anilines is 1. The van der Waals surface area contributed by atoms with E-state index in [9.17, 15) is 14.4 Å². The Morgan fingerprint density at radius 1 is 0.963 bits per heavy atom. The molecule has 0 heterocycles. The molecule has 0 saturated heterocycles. The molecule has 1 aromatic rings. The number of carbonyl (C=O) groups excluding carboxylic acids is 3. The van der Waals surface area contributed by atoms with Gasteiger partial charge in [0, 0.05) is 25.8 Å². The van der Waals surface area contributed by atoms with Crippen LogP contribution in [0, 0.1) is 0 Å². The minimum absolute atomic E-state index is 0.0820. The second-order valence-corrected chi connectivity index (χ2v) is 5.99. The van der Waals surface area contributed by atoms with Crippen LogP contribution in [-0.4, -0.2) is 75.1 Å². The van der Waals surface area contributed by atoms with Crippen LogP contribution in [0.2, 0.25) is 0 Å². The molecule has 0 atom stereocenters. The fraction of sp³-hybridized carbons (Fsp3) is 0.500. The molecule has 1 aromatic carbocycles. The van der Waals surface area contributed by atoms with Gasteiger partial charge in [0.2, 0.25) is 11.8 Å². The Morgan fingerprint density at radius 3 is 2.19 bits per heavy atom. The average molecular weight is 380 g/mol. The highest BCUT2D eigenvalue weighted by Gasteiger charge is 2.15. The number of nitrogens with zero attached hydrogens (tertiary/aromatic N) is 2. The van der Waals surface area contributed by atoms with Gasteiger partial charge in [-0.05, 0) is 33.0 Å². The number of likely N-dealkylation sites (N-methyl/N-ethyl adjacent to an activating group) is 2. The van der Waals surface area contributed by atoms with Gasteiger partial charge < -0.3 is 19.7 Å². The number of hydrogen-bond acceptors (Lipinski definition) is 6. The van der Waals surface area contributed by atoms with Crippen molar-refractivity contribution in [3.05, 3.63) is 18.2 Å². The van der Waals surface area contributed by atoms with Crippen LogP contribution in [0.5, 0.6) is 11.5 Å². The lowest BCUT2D eigenvalue weighted by Crippen LogP contribution is -2.43.